The van der Waals surface area contributed by atoms with Crippen LogP contribution in [0.3, 0.4) is 0 Å². The van der Waals surface area contributed by atoms with Gasteiger partial charge in [0.2, 0.25) is 0 Å². The normalized spacial score (nSPS) is 14.9. The minimum Gasteiger partial charge on any atom is -0.486 e. The number of rotatable bonds is 5. The maximum atomic E-state index is 9.14. The van der Waals surface area contributed by atoms with E-state index in [2.05, 4.69) is 11.4 Å². The van der Waals surface area contributed by atoms with Crippen molar-refractivity contribution in [3.63, 3.8) is 0 Å². The van der Waals surface area contributed by atoms with E-state index in [0.717, 1.165) is 11.3 Å². The lowest BCUT2D eigenvalue weighted by atomic mass is 10.1. The van der Waals surface area contributed by atoms with Crippen molar-refractivity contribution in [2.75, 3.05) is 26.4 Å². The van der Waals surface area contributed by atoms with E-state index in [0.29, 0.717) is 31.9 Å². The number of hydrogen-bond donors (Lipinski definition) is 2. The Balaban J connectivity index is 2.09. The van der Waals surface area contributed by atoms with Crippen molar-refractivity contribution in [3.05, 3.63) is 23.8 Å². The average Bonchev–Trinajstić information content (AvgIpc) is 2.43. The highest BCUT2D eigenvalue weighted by atomic mass is 16.6. The van der Waals surface area contributed by atoms with E-state index in [1.165, 1.54) is 0 Å². The smallest absolute Gasteiger partial charge is 0.161 e. The van der Waals surface area contributed by atoms with Crippen LogP contribution in [-0.4, -0.2) is 31.5 Å². The molecule has 5 nitrogen and oxygen atoms in total. The Bertz CT molecular complexity index is 442. The average molecular weight is 248 g/mol. The number of fused-ring (bicyclic) bond motifs is 1. The van der Waals surface area contributed by atoms with Crippen LogP contribution in [-0.2, 0) is 0 Å². The predicted octanol–water partition coefficient (Wildman–Crippen LogP) is 0.994. The maximum Gasteiger partial charge on any atom is 0.161 e. The second-order valence-electron chi connectivity index (χ2n) is 4.00. The van der Waals surface area contributed by atoms with Crippen molar-refractivity contribution in [1.82, 2.24) is 5.32 Å². The van der Waals surface area contributed by atoms with E-state index in [-0.39, 0.29) is 6.61 Å². The van der Waals surface area contributed by atoms with Crippen LogP contribution in [0.5, 0.6) is 11.5 Å². The monoisotopic (exact) mass is 248 g/mol. The highest BCUT2D eigenvalue weighted by Gasteiger charge is 2.16. The second-order valence-corrected chi connectivity index (χ2v) is 4.00. The first-order valence-electron chi connectivity index (χ1n) is 5.98. The Morgan fingerprint density at radius 3 is 2.83 bits per heavy atom. The molecule has 0 radical (unpaired) electrons. The first kappa shape index (κ1) is 12.7. The molecule has 2 rings (SSSR count). The lowest BCUT2D eigenvalue weighted by Gasteiger charge is -2.20. The van der Waals surface area contributed by atoms with E-state index in [1.54, 1.807) is 0 Å². The van der Waals surface area contributed by atoms with Gasteiger partial charge in [-0.1, -0.05) is 6.07 Å². The van der Waals surface area contributed by atoms with Crippen molar-refractivity contribution in [3.8, 4) is 17.6 Å². The lowest BCUT2D eigenvalue weighted by molar-refractivity contribution is 0.171. The largest absolute Gasteiger partial charge is 0.486 e. The van der Waals surface area contributed by atoms with Crippen LogP contribution in [0.15, 0.2) is 18.2 Å². The first-order valence-corrected chi connectivity index (χ1v) is 5.98. The Morgan fingerprint density at radius 2 is 2.11 bits per heavy atom. The molecule has 1 aliphatic heterocycles. The minimum absolute atomic E-state index is 0.117. The summed E-state index contributed by atoms with van der Waals surface area (Å²) in [7, 11) is 0. The third kappa shape index (κ3) is 2.92. The van der Waals surface area contributed by atoms with Crippen molar-refractivity contribution in [2.45, 2.75) is 12.5 Å². The molecule has 0 spiro atoms. The Hall–Kier alpha value is -1.77. The molecule has 0 bridgehead atoms. The van der Waals surface area contributed by atoms with Crippen LogP contribution in [0.25, 0.3) is 0 Å². The maximum absolute atomic E-state index is 9.14. The number of aliphatic hydroxyl groups is 1. The summed E-state index contributed by atoms with van der Waals surface area (Å²) in [6.07, 6.45) is 0.628. The Kier molecular flexibility index (Phi) is 4.40. The zero-order chi connectivity index (χ0) is 12.8. The van der Waals surface area contributed by atoms with Gasteiger partial charge in [0.15, 0.2) is 11.5 Å². The highest BCUT2D eigenvalue weighted by molar-refractivity contribution is 5.45. The fourth-order valence-corrected chi connectivity index (χ4v) is 1.80. The van der Waals surface area contributed by atoms with Gasteiger partial charge in [-0.25, -0.2) is 0 Å². The van der Waals surface area contributed by atoms with Gasteiger partial charge in [0, 0.05) is 6.61 Å². The van der Waals surface area contributed by atoms with Gasteiger partial charge in [-0.05, 0) is 30.7 Å². The van der Waals surface area contributed by atoms with Crippen LogP contribution in [0.4, 0.5) is 0 Å². The van der Waals surface area contributed by atoms with E-state index in [4.69, 9.17) is 19.8 Å². The molecule has 0 aliphatic carbocycles. The molecule has 96 valence electrons. The number of nitrogens with zero attached hydrogens (tertiary/aromatic N) is 1. The van der Waals surface area contributed by atoms with Gasteiger partial charge in [-0.3, -0.25) is 5.32 Å². The number of nitrogens with one attached hydrogen (secondary N) is 1. The number of aliphatic hydroxyl groups excluding tert-OH is 1. The Morgan fingerprint density at radius 1 is 1.33 bits per heavy atom. The number of hydrogen-bond acceptors (Lipinski definition) is 5. The first-order chi connectivity index (χ1) is 8.85. The van der Waals surface area contributed by atoms with Gasteiger partial charge in [0.05, 0.1) is 6.07 Å². The Labute approximate surface area is 106 Å². The topological polar surface area (TPSA) is 74.5 Å². The molecule has 0 amide bonds. The quantitative estimate of drug-likeness (QED) is 0.760. The van der Waals surface area contributed by atoms with Gasteiger partial charge in [0.25, 0.3) is 0 Å². The molecular formula is C13H16N2O3. The second kappa shape index (κ2) is 6.24. The summed E-state index contributed by atoms with van der Waals surface area (Å²) in [6, 6.07) is 7.30. The summed E-state index contributed by atoms with van der Waals surface area (Å²) in [5.74, 6) is 1.40. The van der Waals surface area contributed by atoms with Gasteiger partial charge in [-0.15, -0.1) is 0 Å². The molecule has 1 aliphatic rings. The molecule has 0 saturated carbocycles. The zero-order valence-electron chi connectivity index (χ0n) is 10.1. The molecule has 0 saturated heterocycles. The van der Waals surface area contributed by atoms with Crippen LogP contribution in [0.1, 0.15) is 18.0 Å². The molecule has 0 fully saturated rings. The van der Waals surface area contributed by atoms with Gasteiger partial charge >= 0.3 is 0 Å². The summed E-state index contributed by atoms with van der Waals surface area (Å²) >= 11 is 0. The molecule has 1 heterocycles. The van der Waals surface area contributed by atoms with Crippen LogP contribution in [0, 0.1) is 11.3 Å². The predicted molar refractivity (Wildman–Crippen MR) is 65.5 cm³/mol. The van der Waals surface area contributed by atoms with E-state index in [9.17, 15) is 0 Å². The fourth-order valence-electron chi connectivity index (χ4n) is 1.80. The molecule has 1 aromatic carbocycles. The number of nitriles is 1. The summed E-state index contributed by atoms with van der Waals surface area (Å²) < 4.78 is 10.9. The summed E-state index contributed by atoms with van der Waals surface area (Å²) in [5, 5.41) is 20.9. The molecule has 1 unspecified atom stereocenters. The van der Waals surface area contributed by atoms with Crippen molar-refractivity contribution in [1.29, 1.82) is 5.26 Å². The zero-order valence-corrected chi connectivity index (χ0v) is 10.1. The fraction of sp³-hybridized carbons (Fsp3) is 0.462. The molecule has 0 aromatic heterocycles. The number of benzene rings is 1. The van der Waals surface area contributed by atoms with Gasteiger partial charge in [0.1, 0.15) is 19.3 Å². The molecular weight excluding hydrogens is 232 g/mol. The third-order valence-corrected chi connectivity index (χ3v) is 2.71. The summed E-state index contributed by atoms with van der Waals surface area (Å²) in [6.45, 7) is 1.81. The van der Waals surface area contributed by atoms with Gasteiger partial charge in [-0.2, -0.15) is 5.26 Å². The van der Waals surface area contributed by atoms with Crippen LogP contribution >= 0.6 is 0 Å². The molecule has 5 heteroatoms. The minimum atomic E-state index is -0.396. The highest BCUT2D eigenvalue weighted by Crippen LogP contribution is 2.32. The standard InChI is InChI=1S/C13H16N2O3/c14-9-11(15-4-1-5-16)10-2-3-12-13(8-10)18-7-6-17-12/h2-3,8,11,15-16H,1,4-7H2. The van der Waals surface area contributed by atoms with Crippen molar-refractivity contribution in [2.24, 2.45) is 0 Å². The molecule has 18 heavy (non-hydrogen) atoms. The molecule has 1 aromatic rings. The van der Waals surface area contributed by atoms with E-state index >= 15 is 0 Å². The summed E-state index contributed by atoms with van der Waals surface area (Å²) in [5.41, 5.74) is 0.847. The summed E-state index contributed by atoms with van der Waals surface area (Å²) in [4.78, 5) is 0. The van der Waals surface area contributed by atoms with Crippen molar-refractivity contribution >= 4 is 0 Å². The molecule has 1 atom stereocenters. The van der Waals surface area contributed by atoms with Crippen LogP contribution in [0.2, 0.25) is 0 Å². The van der Waals surface area contributed by atoms with Crippen molar-refractivity contribution < 1.29 is 14.6 Å². The van der Waals surface area contributed by atoms with Gasteiger partial charge < -0.3 is 14.6 Å². The number of ether oxygens (including phenoxy) is 2. The SMILES string of the molecule is N#CC(NCCCO)c1ccc2c(c1)OCCO2. The van der Waals surface area contributed by atoms with E-state index < -0.39 is 6.04 Å². The molecule has 2 N–H and O–H groups in total. The van der Waals surface area contributed by atoms with Crippen LogP contribution < -0.4 is 14.8 Å². The van der Waals surface area contributed by atoms with E-state index in [1.807, 2.05) is 18.2 Å². The third-order valence-electron chi connectivity index (χ3n) is 2.71. The lowest BCUT2D eigenvalue weighted by Crippen LogP contribution is -2.22.